The average Bonchev–Trinajstić information content (AvgIpc) is 3.17. The van der Waals surface area contributed by atoms with Gasteiger partial charge in [-0.15, -0.1) is 0 Å². The van der Waals surface area contributed by atoms with Gasteiger partial charge in [0, 0.05) is 18.1 Å². The van der Waals surface area contributed by atoms with Crippen LogP contribution in [0, 0.1) is 0 Å². The van der Waals surface area contributed by atoms with Crippen molar-refractivity contribution in [3.8, 4) is 0 Å². The van der Waals surface area contributed by atoms with Crippen LogP contribution >= 0.6 is 0 Å². The Labute approximate surface area is 128 Å². The van der Waals surface area contributed by atoms with E-state index in [2.05, 4.69) is 27.3 Å². The lowest BCUT2D eigenvalue weighted by molar-refractivity contribution is -0.139. The zero-order valence-electron chi connectivity index (χ0n) is 12.7. The number of esters is 1. The van der Waals surface area contributed by atoms with Gasteiger partial charge in [-0.1, -0.05) is 13.3 Å². The number of nitrogens with one attached hydrogen (secondary N) is 2. The number of allylic oxidation sites excluding steroid dienone is 1. The van der Waals surface area contributed by atoms with E-state index in [-0.39, 0.29) is 12.0 Å². The summed E-state index contributed by atoms with van der Waals surface area (Å²) in [5, 5.41) is 7.49. The highest BCUT2D eigenvalue weighted by molar-refractivity contribution is 5.92. The van der Waals surface area contributed by atoms with Crippen LogP contribution in [0.15, 0.2) is 36.1 Å². The molecule has 0 aliphatic carbocycles. The van der Waals surface area contributed by atoms with E-state index in [0.717, 1.165) is 24.1 Å². The fourth-order valence-corrected chi connectivity index (χ4v) is 2.72. The zero-order chi connectivity index (χ0) is 15.5. The zero-order valence-corrected chi connectivity index (χ0v) is 12.7. The molecule has 2 aromatic heterocycles. The van der Waals surface area contributed by atoms with E-state index in [9.17, 15) is 4.79 Å². The van der Waals surface area contributed by atoms with Crippen LogP contribution in [0.1, 0.15) is 38.3 Å². The Kier molecular flexibility index (Phi) is 3.95. The van der Waals surface area contributed by atoms with Crippen molar-refractivity contribution < 1.29 is 9.53 Å². The summed E-state index contributed by atoms with van der Waals surface area (Å²) < 4.78 is 6.99. The van der Waals surface area contributed by atoms with Gasteiger partial charge in [-0.05, 0) is 25.0 Å². The van der Waals surface area contributed by atoms with Crippen molar-refractivity contribution in [2.45, 2.75) is 32.7 Å². The number of hydrogen-bond donors (Lipinski definition) is 2. The third kappa shape index (κ3) is 2.38. The Balaban J connectivity index is 2.13. The van der Waals surface area contributed by atoms with Crippen molar-refractivity contribution in [3.63, 3.8) is 0 Å². The molecule has 1 unspecified atom stereocenters. The molecule has 116 valence electrons. The van der Waals surface area contributed by atoms with E-state index >= 15 is 0 Å². The van der Waals surface area contributed by atoms with E-state index in [4.69, 9.17) is 4.74 Å². The average molecular weight is 301 g/mol. The van der Waals surface area contributed by atoms with Gasteiger partial charge < -0.3 is 15.0 Å². The second kappa shape index (κ2) is 6.05. The predicted molar refractivity (Wildman–Crippen MR) is 81.1 cm³/mol. The fraction of sp³-hybridized carbons (Fsp3) is 0.400. The SMILES string of the molecule is CCCC1=C(C(=O)OCC)C(c2cc[nH]c2)n2ncnc2N1. The molecule has 1 aliphatic rings. The van der Waals surface area contributed by atoms with E-state index in [0.29, 0.717) is 18.1 Å². The van der Waals surface area contributed by atoms with Crippen LogP contribution in [0.5, 0.6) is 0 Å². The molecular formula is C15H19N5O2. The predicted octanol–water partition coefficient (Wildman–Crippen LogP) is 2.24. The van der Waals surface area contributed by atoms with Crippen molar-refractivity contribution in [1.29, 1.82) is 0 Å². The number of anilines is 1. The Morgan fingerprint density at radius 3 is 3.00 bits per heavy atom. The molecule has 7 nitrogen and oxygen atoms in total. The van der Waals surface area contributed by atoms with Gasteiger partial charge in [0.05, 0.1) is 12.2 Å². The summed E-state index contributed by atoms with van der Waals surface area (Å²) in [5.74, 6) is 0.327. The summed E-state index contributed by atoms with van der Waals surface area (Å²) in [5.41, 5.74) is 2.40. The molecule has 2 aromatic rings. The quantitative estimate of drug-likeness (QED) is 0.827. The minimum atomic E-state index is -0.328. The topological polar surface area (TPSA) is 84.8 Å². The van der Waals surface area contributed by atoms with Gasteiger partial charge in [0.2, 0.25) is 5.95 Å². The van der Waals surface area contributed by atoms with Crippen molar-refractivity contribution in [3.05, 3.63) is 41.6 Å². The molecule has 0 aromatic carbocycles. The van der Waals surface area contributed by atoms with Crippen molar-refractivity contribution in [1.82, 2.24) is 19.7 Å². The van der Waals surface area contributed by atoms with E-state index < -0.39 is 0 Å². The number of aromatic amines is 1. The second-order valence-corrected chi connectivity index (χ2v) is 5.06. The number of rotatable bonds is 5. The number of ether oxygens (including phenoxy) is 1. The van der Waals surface area contributed by atoms with Gasteiger partial charge >= 0.3 is 5.97 Å². The lowest BCUT2D eigenvalue weighted by Gasteiger charge is -2.28. The van der Waals surface area contributed by atoms with Crippen LogP contribution in [0.25, 0.3) is 0 Å². The maximum atomic E-state index is 12.5. The fourth-order valence-electron chi connectivity index (χ4n) is 2.72. The number of carbonyl (C=O) groups is 1. The summed E-state index contributed by atoms with van der Waals surface area (Å²) in [6.07, 6.45) is 6.85. The molecule has 0 saturated carbocycles. The highest BCUT2D eigenvalue weighted by Crippen LogP contribution is 2.36. The highest BCUT2D eigenvalue weighted by atomic mass is 16.5. The molecule has 3 heterocycles. The van der Waals surface area contributed by atoms with Gasteiger partial charge in [-0.3, -0.25) is 0 Å². The lowest BCUT2D eigenvalue weighted by atomic mass is 9.96. The monoisotopic (exact) mass is 301 g/mol. The maximum Gasteiger partial charge on any atom is 0.338 e. The molecule has 7 heteroatoms. The minimum Gasteiger partial charge on any atom is -0.463 e. The Bertz CT molecular complexity index is 687. The van der Waals surface area contributed by atoms with Crippen LogP contribution in [0.2, 0.25) is 0 Å². The molecule has 3 rings (SSSR count). The first-order valence-electron chi connectivity index (χ1n) is 7.45. The molecular weight excluding hydrogens is 282 g/mol. The third-order valence-electron chi connectivity index (χ3n) is 3.61. The largest absolute Gasteiger partial charge is 0.463 e. The molecule has 0 bridgehead atoms. The molecule has 0 amide bonds. The number of nitrogens with zero attached hydrogens (tertiary/aromatic N) is 3. The smallest absolute Gasteiger partial charge is 0.338 e. The summed E-state index contributed by atoms with van der Waals surface area (Å²) >= 11 is 0. The number of carbonyl (C=O) groups excluding carboxylic acids is 1. The van der Waals surface area contributed by atoms with Crippen LogP contribution < -0.4 is 5.32 Å². The third-order valence-corrected chi connectivity index (χ3v) is 3.61. The molecule has 0 fully saturated rings. The van der Waals surface area contributed by atoms with Crippen molar-refractivity contribution >= 4 is 11.9 Å². The number of aromatic nitrogens is 4. The van der Waals surface area contributed by atoms with Crippen LogP contribution in [-0.4, -0.2) is 32.3 Å². The van der Waals surface area contributed by atoms with Crippen molar-refractivity contribution in [2.75, 3.05) is 11.9 Å². The van der Waals surface area contributed by atoms with Crippen LogP contribution in [-0.2, 0) is 9.53 Å². The Morgan fingerprint density at radius 1 is 1.45 bits per heavy atom. The van der Waals surface area contributed by atoms with Gasteiger partial charge in [-0.2, -0.15) is 10.1 Å². The molecule has 1 atom stereocenters. The molecule has 2 N–H and O–H groups in total. The number of hydrogen-bond acceptors (Lipinski definition) is 5. The first-order chi connectivity index (χ1) is 10.8. The first-order valence-corrected chi connectivity index (χ1v) is 7.45. The van der Waals surface area contributed by atoms with Crippen LogP contribution in [0.4, 0.5) is 5.95 Å². The highest BCUT2D eigenvalue weighted by Gasteiger charge is 2.35. The van der Waals surface area contributed by atoms with E-state index in [1.54, 1.807) is 11.6 Å². The molecule has 0 saturated heterocycles. The van der Waals surface area contributed by atoms with Gasteiger partial charge in [0.25, 0.3) is 0 Å². The first kappa shape index (κ1) is 14.4. The van der Waals surface area contributed by atoms with Crippen LogP contribution in [0.3, 0.4) is 0 Å². The summed E-state index contributed by atoms with van der Waals surface area (Å²) in [7, 11) is 0. The standard InChI is InChI=1S/C15H19N5O2/c1-3-5-11-12(14(21)22-4-2)13(10-6-7-16-8-10)20-15(19-11)17-9-18-20/h6-9,13,16H,3-5H2,1-2H3,(H,17,18,19). The maximum absolute atomic E-state index is 12.5. The molecule has 0 spiro atoms. The van der Waals surface area contributed by atoms with Gasteiger partial charge in [0.15, 0.2) is 0 Å². The molecule has 0 radical (unpaired) electrons. The van der Waals surface area contributed by atoms with E-state index in [1.807, 2.05) is 18.5 Å². The lowest BCUT2D eigenvalue weighted by Crippen LogP contribution is -2.30. The van der Waals surface area contributed by atoms with Gasteiger partial charge in [0.1, 0.15) is 12.4 Å². The Morgan fingerprint density at radius 2 is 2.32 bits per heavy atom. The summed E-state index contributed by atoms with van der Waals surface area (Å²) in [6, 6.07) is 1.61. The minimum absolute atomic E-state index is 0.314. The second-order valence-electron chi connectivity index (χ2n) is 5.06. The van der Waals surface area contributed by atoms with Gasteiger partial charge in [-0.25, -0.2) is 9.48 Å². The molecule has 1 aliphatic heterocycles. The van der Waals surface area contributed by atoms with E-state index in [1.165, 1.54) is 6.33 Å². The summed E-state index contributed by atoms with van der Waals surface area (Å²) in [4.78, 5) is 19.8. The number of H-pyrrole nitrogens is 1. The number of fused-ring (bicyclic) bond motifs is 1. The molecule has 22 heavy (non-hydrogen) atoms. The summed E-state index contributed by atoms with van der Waals surface area (Å²) in [6.45, 7) is 4.22. The van der Waals surface area contributed by atoms with Crippen molar-refractivity contribution in [2.24, 2.45) is 0 Å². The Hall–Kier alpha value is -2.57. The normalized spacial score (nSPS) is 17.1.